The number of amides is 1. The summed E-state index contributed by atoms with van der Waals surface area (Å²) >= 11 is 0. The fourth-order valence-electron chi connectivity index (χ4n) is 2.43. The molecule has 1 N–H and O–H groups in total. The van der Waals surface area contributed by atoms with E-state index in [1.165, 1.54) is 4.90 Å². The zero-order chi connectivity index (χ0) is 17.1. The van der Waals surface area contributed by atoms with Crippen molar-refractivity contribution in [2.45, 2.75) is 58.8 Å². The van der Waals surface area contributed by atoms with Gasteiger partial charge >= 0.3 is 12.1 Å². The van der Waals surface area contributed by atoms with Crippen molar-refractivity contribution in [3.8, 4) is 0 Å². The Morgan fingerprint density at radius 2 is 1.95 bits per heavy atom. The van der Waals surface area contributed by atoms with E-state index in [0.717, 1.165) is 0 Å². The number of nitrogens with zero attached hydrogens (tertiary/aromatic N) is 1. The number of esters is 1. The molecule has 0 aromatic rings. The summed E-state index contributed by atoms with van der Waals surface area (Å²) in [5.41, 5.74) is -2.23. The van der Waals surface area contributed by atoms with E-state index in [1.807, 2.05) is 0 Å². The lowest BCUT2D eigenvalue weighted by Crippen LogP contribution is -2.63. The summed E-state index contributed by atoms with van der Waals surface area (Å²) in [4.78, 5) is 26.2. The van der Waals surface area contributed by atoms with Crippen LogP contribution in [0.3, 0.4) is 0 Å². The van der Waals surface area contributed by atoms with E-state index >= 15 is 0 Å². The Morgan fingerprint density at radius 1 is 1.36 bits per heavy atom. The highest BCUT2D eigenvalue weighted by atomic mass is 16.6. The maximum Gasteiger partial charge on any atom is 0.411 e. The summed E-state index contributed by atoms with van der Waals surface area (Å²) in [6, 6.07) is 0. The SMILES string of the molecule is CCOC(=O)[C@@]1([C@@H](O)C(C)C)C=CCN1C(=O)OC(C)(C)C. The van der Waals surface area contributed by atoms with Crippen LogP contribution < -0.4 is 0 Å². The Labute approximate surface area is 132 Å². The van der Waals surface area contributed by atoms with Crippen molar-refractivity contribution in [3.63, 3.8) is 0 Å². The smallest absolute Gasteiger partial charge is 0.411 e. The van der Waals surface area contributed by atoms with Crippen LogP contribution in [0, 0.1) is 5.92 Å². The highest BCUT2D eigenvalue weighted by Gasteiger charge is 2.55. The monoisotopic (exact) mass is 313 g/mol. The molecule has 2 atom stereocenters. The summed E-state index contributed by atoms with van der Waals surface area (Å²) in [7, 11) is 0. The topological polar surface area (TPSA) is 76.1 Å². The van der Waals surface area contributed by atoms with Crippen LogP contribution in [-0.4, -0.2) is 52.5 Å². The fourth-order valence-corrected chi connectivity index (χ4v) is 2.43. The van der Waals surface area contributed by atoms with E-state index in [9.17, 15) is 14.7 Å². The molecule has 0 unspecified atom stereocenters. The third-order valence-corrected chi connectivity index (χ3v) is 3.41. The van der Waals surface area contributed by atoms with Crippen LogP contribution in [0.5, 0.6) is 0 Å². The Balaban J connectivity index is 3.20. The lowest BCUT2D eigenvalue weighted by Gasteiger charge is -2.40. The molecule has 0 aliphatic carbocycles. The highest BCUT2D eigenvalue weighted by Crippen LogP contribution is 2.33. The minimum Gasteiger partial charge on any atom is -0.464 e. The van der Waals surface area contributed by atoms with Crippen LogP contribution in [0.2, 0.25) is 0 Å². The maximum absolute atomic E-state index is 12.5. The van der Waals surface area contributed by atoms with Crippen molar-refractivity contribution in [2.24, 2.45) is 5.92 Å². The Hall–Kier alpha value is -1.56. The molecule has 1 aliphatic rings. The fraction of sp³-hybridized carbons (Fsp3) is 0.750. The van der Waals surface area contributed by atoms with E-state index in [-0.39, 0.29) is 19.1 Å². The number of hydrogen-bond acceptors (Lipinski definition) is 5. The van der Waals surface area contributed by atoms with E-state index in [2.05, 4.69) is 0 Å². The summed E-state index contributed by atoms with van der Waals surface area (Å²) in [5, 5.41) is 10.6. The maximum atomic E-state index is 12.5. The summed E-state index contributed by atoms with van der Waals surface area (Å²) in [6.45, 7) is 10.9. The number of aliphatic hydroxyl groups excluding tert-OH is 1. The standard InChI is InChI=1S/C16H27NO5/c1-7-21-13(19)16(12(18)11(2)3)9-8-10-17(16)14(20)22-15(4,5)6/h8-9,11-12,18H,7,10H2,1-6H3/t12-,16-/m0/s1. The first-order chi connectivity index (χ1) is 10.1. The normalized spacial score (nSPS) is 22.8. The molecule has 1 aliphatic heterocycles. The van der Waals surface area contributed by atoms with Gasteiger partial charge in [-0.05, 0) is 39.7 Å². The van der Waals surface area contributed by atoms with Crippen molar-refractivity contribution < 1.29 is 24.2 Å². The second-order valence-electron chi connectivity index (χ2n) is 6.73. The molecule has 22 heavy (non-hydrogen) atoms. The molecule has 0 saturated heterocycles. The summed E-state index contributed by atoms with van der Waals surface area (Å²) < 4.78 is 10.5. The number of ether oxygens (including phenoxy) is 2. The van der Waals surface area contributed by atoms with Gasteiger partial charge in [-0.25, -0.2) is 9.59 Å². The number of aliphatic hydroxyl groups is 1. The van der Waals surface area contributed by atoms with Crippen LogP contribution >= 0.6 is 0 Å². The molecule has 126 valence electrons. The van der Waals surface area contributed by atoms with Gasteiger partial charge in [-0.15, -0.1) is 0 Å². The third-order valence-electron chi connectivity index (χ3n) is 3.41. The van der Waals surface area contributed by atoms with Gasteiger partial charge in [0.25, 0.3) is 0 Å². The van der Waals surface area contributed by atoms with Crippen molar-refractivity contribution >= 4 is 12.1 Å². The van der Waals surface area contributed by atoms with E-state index < -0.39 is 29.3 Å². The van der Waals surface area contributed by atoms with E-state index in [4.69, 9.17) is 9.47 Å². The zero-order valence-electron chi connectivity index (χ0n) is 14.3. The molecule has 0 radical (unpaired) electrons. The van der Waals surface area contributed by atoms with Gasteiger partial charge in [-0.3, -0.25) is 4.90 Å². The number of hydrogen-bond donors (Lipinski definition) is 1. The van der Waals surface area contributed by atoms with Crippen LogP contribution in [-0.2, 0) is 14.3 Å². The molecule has 0 fully saturated rings. The van der Waals surface area contributed by atoms with E-state index in [0.29, 0.717) is 0 Å². The lowest BCUT2D eigenvalue weighted by atomic mass is 9.85. The Kier molecular flexibility index (Phi) is 5.62. The van der Waals surface area contributed by atoms with Crippen molar-refractivity contribution in [2.75, 3.05) is 13.2 Å². The Morgan fingerprint density at radius 3 is 2.41 bits per heavy atom. The van der Waals surface area contributed by atoms with Gasteiger partial charge in [0.2, 0.25) is 0 Å². The molecule has 1 heterocycles. The molecule has 0 aromatic heterocycles. The highest BCUT2D eigenvalue weighted by molar-refractivity contribution is 5.90. The third kappa shape index (κ3) is 3.61. The molecular weight excluding hydrogens is 286 g/mol. The first-order valence-electron chi connectivity index (χ1n) is 7.60. The predicted octanol–water partition coefficient (Wildman–Crippen LogP) is 2.11. The first kappa shape index (κ1) is 18.5. The molecule has 0 bridgehead atoms. The van der Waals surface area contributed by atoms with Gasteiger partial charge < -0.3 is 14.6 Å². The van der Waals surface area contributed by atoms with Gasteiger partial charge in [0.15, 0.2) is 5.54 Å². The molecule has 1 rings (SSSR count). The quantitative estimate of drug-likeness (QED) is 0.635. The average Bonchev–Trinajstić information content (AvgIpc) is 2.81. The zero-order valence-corrected chi connectivity index (χ0v) is 14.3. The van der Waals surface area contributed by atoms with Crippen LogP contribution in [0.4, 0.5) is 4.79 Å². The van der Waals surface area contributed by atoms with Gasteiger partial charge in [-0.1, -0.05) is 19.9 Å². The average molecular weight is 313 g/mol. The van der Waals surface area contributed by atoms with Crippen molar-refractivity contribution in [1.82, 2.24) is 4.90 Å². The van der Waals surface area contributed by atoms with Crippen LogP contribution in [0.25, 0.3) is 0 Å². The van der Waals surface area contributed by atoms with Gasteiger partial charge in [0, 0.05) is 6.54 Å². The first-order valence-corrected chi connectivity index (χ1v) is 7.60. The molecule has 1 amide bonds. The predicted molar refractivity (Wildman–Crippen MR) is 82.3 cm³/mol. The van der Waals surface area contributed by atoms with Crippen LogP contribution in [0.1, 0.15) is 41.5 Å². The van der Waals surface area contributed by atoms with Gasteiger partial charge in [0.05, 0.1) is 12.7 Å². The molecule has 0 aromatic carbocycles. The van der Waals surface area contributed by atoms with Crippen molar-refractivity contribution in [3.05, 3.63) is 12.2 Å². The minimum atomic E-state index is -1.54. The largest absolute Gasteiger partial charge is 0.464 e. The second kappa shape index (κ2) is 6.69. The number of carbonyl (C=O) groups is 2. The molecule has 6 heteroatoms. The van der Waals surface area contributed by atoms with Crippen molar-refractivity contribution in [1.29, 1.82) is 0 Å². The van der Waals surface area contributed by atoms with Gasteiger partial charge in [-0.2, -0.15) is 0 Å². The minimum absolute atomic E-state index is 0.168. The summed E-state index contributed by atoms with van der Waals surface area (Å²) in [6.07, 6.45) is 1.48. The molecule has 0 spiro atoms. The molecule has 6 nitrogen and oxygen atoms in total. The molecular formula is C16H27NO5. The second-order valence-corrected chi connectivity index (χ2v) is 6.73. The van der Waals surface area contributed by atoms with Crippen LogP contribution in [0.15, 0.2) is 12.2 Å². The van der Waals surface area contributed by atoms with E-state index in [1.54, 1.807) is 53.7 Å². The Bertz CT molecular complexity index is 452. The van der Waals surface area contributed by atoms with Gasteiger partial charge in [0.1, 0.15) is 5.60 Å². The number of rotatable bonds is 4. The lowest BCUT2D eigenvalue weighted by molar-refractivity contribution is -0.161. The summed E-state index contributed by atoms with van der Waals surface area (Å²) in [5.74, 6) is -0.882. The molecule has 0 saturated carbocycles. The number of carbonyl (C=O) groups excluding carboxylic acids is 2.